The predicted octanol–water partition coefficient (Wildman–Crippen LogP) is 0.198. The van der Waals surface area contributed by atoms with E-state index in [1.807, 2.05) is 0 Å². The first-order valence-electron chi connectivity index (χ1n) is 6.12. The highest BCUT2D eigenvalue weighted by Gasteiger charge is 2.34. The fraction of sp³-hybridized carbons (Fsp3) is 0.917. The number of hydrogen-bond donors (Lipinski definition) is 2. The molecule has 0 amide bonds. The Hall–Kier alpha value is -0.450. The summed E-state index contributed by atoms with van der Waals surface area (Å²) in [6, 6.07) is 0. The van der Waals surface area contributed by atoms with Gasteiger partial charge in [-0.15, -0.1) is 0 Å². The first-order chi connectivity index (χ1) is 7.66. The van der Waals surface area contributed by atoms with Crippen LogP contribution < -0.4 is 5.32 Å². The van der Waals surface area contributed by atoms with Crippen LogP contribution in [0.2, 0.25) is 0 Å². The number of carbonyl (C=O) groups excluding carboxylic acids is 1. The molecule has 3 aliphatic rings. The third-order valence-corrected chi connectivity index (χ3v) is 3.68. The van der Waals surface area contributed by atoms with Crippen LogP contribution in [0.15, 0.2) is 0 Å². The first-order valence-corrected chi connectivity index (χ1v) is 6.12. The molecule has 0 aromatic rings. The zero-order valence-electron chi connectivity index (χ0n) is 9.82. The quantitative estimate of drug-likeness (QED) is 0.707. The van der Waals surface area contributed by atoms with Crippen molar-refractivity contribution in [2.75, 3.05) is 26.3 Å². The van der Waals surface area contributed by atoms with Gasteiger partial charge in [0.15, 0.2) is 0 Å². The van der Waals surface area contributed by atoms with Crippen molar-refractivity contribution in [2.45, 2.75) is 25.9 Å². The van der Waals surface area contributed by atoms with Gasteiger partial charge in [-0.1, -0.05) is 0 Å². The Kier molecular flexibility index (Phi) is 3.95. The lowest BCUT2D eigenvalue weighted by Crippen LogP contribution is -2.48. The van der Waals surface area contributed by atoms with Crippen molar-refractivity contribution in [2.24, 2.45) is 17.8 Å². The maximum atomic E-state index is 11.2. The molecule has 3 fully saturated rings. The Morgan fingerprint density at radius 2 is 2.25 bits per heavy atom. The minimum Gasteiger partial charge on any atom is -0.392 e. The Labute approximate surface area is 96.4 Å². The molecule has 0 radical (unpaired) electrons. The Balaban J connectivity index is 2.09. The van der Waals surface area contributed by atoms with Crippen LogP contribution in [0.3, 0.4) is 0 Å². The molecule has 3 heterocycles. The average Bonchev–Trinajstić information content (AvgIpc) is 2.16. The van der Waals surface area contributed by atoms with Crippen LogP contribution in [0.4, 0.5) is 0 Å². The van der Waals surface area contributed by atoms with Crippen molar-refractivity contribution in [3.05, 3.63) is 0 Å². The summed E-state index contributed by atoms with van der Waals surface area (Å²) in [5, 5.41) is 13.6. The molecular weight excluding hydrogens is 206 g/mol. The second kappa shape index (κ2) is 5.25. The fourth-order valence-corrected chi connectivity index (χ4v) is 2.87. The third kappa shape index (κ3) is 2.81. The molecule has 4 heteroatoms. The SMILES string of the molecule is CC(=O)CC1CC2CNCC(COC2)C1O. The molecular formula is C12H21NO3. The zero-order valence-corrected chi connectivity index (χ0v) is 9.82. The largest absolute Gasteiger partial charge is 0.392 e. The monoisotopic (exact) mass is 227 g/mol. The first kappa shape index (κ1) is 12.0. The van der Waals surface area contributed by atoms with Crippen molar-refractivity contribution in [3.8, 4) is 0 Å². The van der Waals surface area contributed by atoms with Crippen LogP contribution in [0, 0.1) is 17.8 Å². The molecule has 3 rings (SSSR count). The molecule has 2 bridgehead atoms. The second-order valence-corrected chi connectivity index (χ2v) is 5.21. The van der Waals surface area contributed by atoms with Crippen LogP contribution in [0.1, 0.15) is 19.8 Å². The normalized spacial score (nSPS) is 39.9. The van der Waals surface area contributed by atoms with E-state index < -0.39 is 6.10 Å². The van der Waals surface area contributed by atoms with Crippen molar-refractivity contribution in [1.82, 2.24) is 5.32 Å². The van der Waals surface area contributed by atoms with Crippen LogP contribution in [-0.4, -0.2) is 43.3 Å². The van der Waals surface area contributed by atoms with E-state index in [9.17, 15) is 9.90 Å². The van der Waals surface area contributed by atoms with Gasteiger partial charge in [0.1, 0.15) is 5.78 Å². The van der Waals surface area contributed by atoms with Crippen LogP contribution in [-0.2, 0) is 9.53 Å². The molecule has 3 aliphatic heterocycles. The maximum Gasteiger partial charge on any atom is 0.130 e. The van der Waals surface area contributed by atoms with Crippen molar-refractivity contribution in [3.63, 3.8) is 0 Å². The number of carbonyl (C=O) groups is 1. The molecule has 92 valence electrons. The molecule has 0 aromatic heterocycles. The van der Waals surface area contributed by atoms with Crippen molar-refractivity contribution in [1.29, 1.82) is 0 Å². The minimum absolute atomic E-state index is 0.124. The lowest BCUT2D eigenvalue weighted by atomic mass is 9.79. The standard InChI is InChI=1S/C12H21NO3/c1-8(14)2-10-3-9-4-13-5-11(12(10)15)7-16-6-9/h9-13,15H,2-7H2,1H3. The molecule has 16 heavy (non-hydrogen) atoms. The third-order valence-electron chi connectivity index (χ3n) is 3.68. The zero-order chi connectivity index (χ0) is 11.5. The number of rotatable bonds is 2. The number of aliphatic hydroxyl groups is 1. The average molecular weight is 227 g/mol. The summed E-state index contributed by atoms with van der Waals surface area (Å²) in [6.07, 6.45) is 0.998. The summed E-state index contributed by atoms with van der Waals surface area (Å²) >= 11 is 0. The summed E-state index contributed by atoms with van der Waals surface area (Å²) in [4.78, 5) is 11.2. The predicted molar refractivity (Wildman–Crippen MR) is 60.1 cm³/mol. The maximum absolute atomic E-state index is 11.2. The summed E-state index contributed by atoms with van der Waals surface area (Å²) < 4.78 is 5.58. The molecule has 0 spiro atoms. The van der Waals surface area contributed by atoms with Gasteiger partial charge in [0.05, 0.1) is 19.3 Å². The Morgan fingerprint density at radius 1 is 1.44 bits per heavy atom. The van der Waals surface area contributed by atoms with Gasteiger partial charge in [0.25, 0.3) is 0 Å². The molecule has 0 aromatic carbocycles. The molecule has 4 nitrogen and oxygen atoms in total. The highest BCUT2D eigenvalue weighted by atomic mass is 16.5. The van der Waals surface area contributed by atoms with E-state index in [0.717, 1.165) is 26.1 Å². The van der Waals surface area contributed by atoms with Gasteiger partial charge in [-0.25, -0.2) is 0 Å². The summed E-state index contributed by atoms with van der Waals surface area (Å²) in [5.74, 6) is 0.862. The second-order valence-electron chi connectivity index (χ2n) is 5.21. The van der Waals surface area contributed by atoms with Gasteiger partial charge >= 0.3 is 0 Å². The smallest absolute Gasteiger partial charge is 0.130 e. The van der Waals surface area contributed by atoms with E-state index in [4.69, 9.17) is 4.74 Å². The summed E-state index contributed by atoms with van der Waals surface area (Å²) in [5.41, 5.74) is 0. The Morgan fingerprint density at radius 3 is 3.00 bits per heavy atom. The van der Waals surface area contributed by atoms with Gasteiger partial charge in [-0.05, 0) is 25.2 Å². The minimum atomic E-state index is -0.403. The molecule has 0 aliphatic carbocycles. The van der Waals surface area contributed by atoms with Gasteiger partial charge in [-0.2, -0.15) is 0 Å². The number of nitrogens with one attached hydrogen (secondary N) is 1. The van der Waals surface area contributed by atoms with E-state index >= 15 is 0 Å². The van der Waals surface area contributed by atoms with Gasteiger partial charge in [0.2, 0.25) is 0 Å². The van der Waals surface area contributed by atoms with E-state index in [1.165, 1.54) is 0 Å². The van der Waals surface area contributed by atoms with Crippen molar-refractivity contribution >= 4 is 5.78 Å². The fourth-order valence-electron chi connectivity index (χ4n) is 2.87. The topological polar surface area (TPSA) is 58.6 Å². The van der Waals surface area contributed by atoms with Crippen LogP contribution in [0.25, 0.3) is 0 Å². The molecule has 3 saturated heterocycles. The highest BCUT2D eigenvalue weighted by Crippen LogP contribution is 2.29. The van der Waals surface area contributed by atoms with Crippen LogP contribution >= 0.6 is 0 Å². The lowest BCUT2D eigenvalue weighted by Gasteiger charge is -2.38. The van der Waals surface area contributed by atoms with Crippen molar-refractivity contribution < 1.29 is 14.6 Å². The molecule has 4 unspecified atom stereocenters. The van der Waals surface area contributed by atoms with E-state index in [2.05, 4.69) is 5.32 Å². The van der Waals surface area contributed by atoms with Gasteiger partial charge in [-0.3, -0.25) is 0 Å². The molecule has 0 saturated carbocycles. The van der Waals surface area contributed by atoms with Crippen LogP contribution in [0.5, 0.6) is 0 Å². The van der Waals surface area contributed by atoms with E-state index in [0.29, 0.717) is 18.9 Å². The van der Waals surface area contributed by atoms with E-state index in [-0.39, 0.29) is 17.6 Å². The number of ketones is 1. The number of Topliss-reactive ketones (excluding diaryl/α,β-unsaturated/α-hetero) is 1. The van der Waals surface area contributed by atoms with Gasteiger partial charge < -0.3 is 20.0 Å². The summed E-state index contributed by atoms with van der Waals surface area (Å²) in [7, 11) is 0. The highest BCUT2D eigenvalue weighted by molar-refractivity contribution is 5.75. The lowest BCUT2D eigenvalue weighted by molar-refractivity contribution is -0.121. The number of aliphatic hydroxyl groups excluding tert-OH is 1. The van der Waals surface area contributed by atoms with Gasteiger partial charge in [0, 0.05) is 25.4 Å². The Bertz CT molecular complexity index is 247. The van der Waals surface area contributed by atoms with E-state index in [1.54, 1.807) is 6.92 Å². The molecule has 2 N–H and O–H groups in total. The molecule has 4 atom stereocenters. The number of hydrogen-bond acceptors (Lipinski definition) is 4. The number of fused-ring (bicyclic) bond motifs is 6. The summed E-state index contributed by atoms with van der Waals surface area (Å²) in [6.45, 7) is 4.71. The number of ether oxygens (including phenoxy) is 1.